The summed E-state index contributed by atoms with van der Waals surface area (Å²) < 4.78 is 0. The van der Waals surface area contributed by atoms with Crippen LogP contribution in [0.3, 0.4) is 0 Å². The molecule has 0 aromatic heterocycles. The number of rotatable bonds is 2. The number of likely N-dealkylation sites (tertiary alicyclic amines) is 1. The molecular formula is C9H15N3O2. The molecule has 0 bridgehead atoms. The van der Waals surface area contributed by atoms with Gasteiger partial charge in [0, 0.05) is 19.6 Å². The summed E-state index contributed by atoms with van der Waals surface area (Å²) in [5, 5.41) is 2.39. The van der Waals surface area contributed by atoms with Crippen LogP contribution in [-0.4, -0.2) is 42.9 Å². The first-order chi connectivity index (χ1) is 6.72. The average Bonchev–Trinajstić information content (AvgIpc) is 2.43. The SMILES string of the molecule is NCCN1CC[C@@H]2C(=O)NC(=O)[C@H]2C1. The van der Waals surface area contributed by atoms with Crippen molar-refractivity contribution in [2.24, 2.45) is 17.6 Å². The van der Waals surface area contributed by atoms with Crippen molar-refractivity contribution < 1.29 is 9.59 Å². The third-order valence-corrected chi connectivity index (χ3v) is 3.06. The summed E-state index contributed by atoms with van der Waals surface area (Å²) in [7, 11) is 0. The number of imide groups is 1. The molecule has 78 valence electrons. The van der Waals surface area contributed by atoms with Crippen LogP contribution in [-0.2, 0) is 9.59 Å². The lowest BCUT2D eigenvalue weighted by atomic mass is 9.88. The van der Waals surface area contributed by atoms with Crippen LogP contribution in [0.5, 0.6) is 0 Å². The van der Waals surface area contributed by atoms with Crippen LogP contribution < -0.4 is 11.1 Å². The van der Waals surface area contributed by atoms with E-state index in [4.69, 9.17) is 5.73 Å². The minimum Gasteiger partial charge on any atom is -0.329 e. The van der Waals surface area contributed by atoms with Gasteiger partial charge in [-0.05, 0) is 13.0 Å². The molecule has 5 heteroatoms. The molecule has 0 saturated carbocycles. The van der Waals surface area contributed by atoms with Gasteiger partial charge < -0.3 is 10.6 Å². The standard InChI is InChI=1S/C9H15N3O2/c10-2-4-12-3-1-6-7(5-12)9(14)11-8(6)13/h6-7H,1-5,10H2,(H,11,13,14)/t6-,7-/m0/s1. The van der Waals surface area contributed by atoms with Gasteiger partial charge >= 0.3 is 0 Å². The molecular weight excluding hydrogens is 182 g/mol. The molecule has 2 aliphatic heterocycles. The molecule has 2 heterocycles. The van der Waals surface area contributed by atoms with Crippen LogP contribution in [0.4, 0.5) is 0 Å². The third-order valence-electron chi connectivity index (χ3n) is 3.06. The van der Waals surface area contributed by atoms with Crippen molar-refractivity contribution in [1.82, 2.24) is 10.2 Å². The third kappa shape index (κ3) is 1.53. The fourth-order valence-electron chi connectivity index (χ4n) is 2.29. The molecule has 0 spiro atoms. The number of amides is 2. The first-order valence-electron chi connectivity index (χ1n) is 4.99. The minimum absolute atomic E-state index is 0.0866. The average molecular weight is 197 g/mol. The van der Waals surface area contributed by atoms with E-state index < -0.39 is 0 Å². The molecule has 2 atom stereocenters. The van der Waals surface area contributed by atoms with E-state index in [2.05, 4.69) is 10.2 Å². The van der Waals surface area contributed by atoms with Gasteiger partial charge in [-0.2, -0.15) is 0 Å². The lowest BCUT2D eigenvalue weighted by Gasteiger charge is -2.31. The highest BCUT2D eigenvalue weighted by Crippen LogP contribution is 2.27. The van der Waals surface area contributed by atoms with E-state index in [1.165, 1.54) is 0 Å². The van der Waals surface area contributed by atoms with Gasteiger partial charge in [0.2, 0.25) is 11.8 Å². The van der Waals surface area contributed by atoms with Crippen LogP contribution in [0.15, 0.2) is 0 Å². The molecule has 2 aliphatic rings. The lowest BCUT2D eigenvalue weighted by Crippen LogP contribution is -2.43. The Kier molecular flexibility index (Phi) is 2.52. The number of nitrogens with two attached hydrogens (primary N) is 1. The number of nitrogens with one attached hydrogen (secondary N) is 1. The Balaban J connectivity index is 2.02. The summed E-state index contributed by atoms with van der Waals surface area (Å²) in [6, 6.07) is 0. The van der Waals surface area contributed by atoms with Crippen LogP contribution in [0.1, 0.15) is 6.42 Å². The molecule has 2 fully saturated rings. The van der Waals surface area contributed by atoms with E-state index in [9.17, 15) is 9.59 Å². The Morgan fingerprint density at radius 3 is 2.79 bits per heavy atom. The van der Waals surface area contributed by atoms with E-state index in [-0.39, 0.29) is 23.7 Å². The summed E-state index contributed by atoms with van der Waals surface area (Å²) in [5.74, 6) is -0.423. The second-order valence-corrected chi connectivity index (χ2v) is 3.94. The summed E-state index contributed by atoms with van der Waals surface area (Å²) >= 11 is 0. The zero-order chi connectivity index (χ0) is 10.1. The summed E-state index contributed by atoms with van der Waals surface area (Å²) in [6.45, 7) is 2.97. The van der Waals surface area contributed by atoms with Crippen molar-refractivity contribution in [2.45, 2.75) is 6.42 Å². The van der Waals surface area contributed by atoms with Crippen molar-refractivity contribution in [3.8, 4) is 0 Å². The molecule has 0 aromatic carbocycles. The predicted molar refractivity (Wildman–Crippen MR) is 50.2 cm³/mol. The number of carbonyl (C=O) groups excluding carboxylic acids is 2. The van der Waals surface area contributed by atoms with Crippen LogP contribution >= 0.6 is 0 Å². The van der Waals surface area contributed by atoms with E-state index >= 15 is 0 Å². The Morgan fingerprint density at radius 2 is 2.07 bits per heavy atom. The van der Waals surface area contributed by atoms with Gasteiger partial charge in [-0.1, -0.05) is 0 Å². The maximum Gasteiger partial charge on any atom is 0.231 e. The molecule has 0 radical (unpaired) electrons. The monoisotopic (exact) mass is 197 g/mol. The van der Waals surface area contributed by atoms with Gasteiger partial charge in [-0.25, -0.2) is 0 Å². The smallest absolute Gasteiger partial charge is 0.231 e. The highest BCUT2D eigenvalue weighted by atomic mass is 16.2. The van der Waals surface area contributed by atoms with Gasteiger partial charge in [-0.15, -0.1) is 0 Å². The largest absolute Gasteiger partial charge is 0.329 e. The van der Waals surface area contributed by atoms with E-state index in [1.54, 1.807) is 0 Å². The van der Waals surface area contributed by atoms with E-state index in [0.29, 0.717) is 13.1 Å². The number of hydrogen-bond acceptors (Lipinski definition) is 4. The maximum absolute atomic E-state index is 11.4. The topological polar surface area (TPSA) is 75.4 Å². The molecule has 0 aromatic rings. The fraction of sp³-hybridized carbons (Fsp3) is 0.778. The number of piperidine rings is 1. The van der Waals surface area contributed by atoms with Crippen LogP contribution in [0, 0.1) is 11.8 Å². The number of carbonyl (C=O) groups is 2. The predicted octanol–water partition coefficient (Wildman–Crippen LogP) is -1.46. The fourth-order valence-corrected chi connectivity index (χ4v) is 2.29. The van der Waals surface area contributed by atoms with E-state index in [0.717, 1.165) is 19.5 Å². The van der Waals surface area contributed by atoms with Gasteiger partial charge in [0.05, 0.1) is 11.8 Å². The van der Waals surface area contributed by atoms with Crippen molar-refractivity contribution in [2.75, 3.05) is 26.2 Å². The Hall–Kier alpha value is -0.940. The molecule has 2 rings (SSSR count). The van der Waals surface area contributed by atoms with Crippen molar-refractivity contribution in [1.29, 1.82) is 0 Å². The number of nitrogens with zero attached hydrogens (tertiary/aromatic N) is 1. The zero-order valence-electron chi connectivity index (χ0n) is 8.03. The Labute approximate surface area is 82.6 Å². The Bertz CT molecular complexity index is 267. The highest BCUT2D eigenvalue weighted by molar-refractivity contribution is 6.05. The molecule has 0 unspecified atom stereocenters. The minimum atomic E-state index is -0.136. The summed E-state index contributed by atoms with van der Waals surface area (Å²) in [5.41, 5.74) is 5.45. The Morgan fingerprint density at radius 1 is 1.36 bits per heavy atom. The molecule has 2 saturated heterocycles. The van der Waals surface area contributed by atoms with Crippen LogP contribution in [0.2, 0.25) is 0 Å². The van der Waals surface area contributed by atoms with E-state index in [1.807, 2.05) is 0 Å². The normalized spacial score (nSPS) is 32.9. The molecule has 3 N–H and O–H groups in total. The zero-order valence-corrected chi connectivity index (χ0v) is 8.03. The number of fused-ring (bicyclic) bond motifs is 1. The first kappa shape index (κ1) is 9.61. The highest BCUT2D eigenvalue weighted by Gasteiger charge is 2.44. The molecule has 2 amide bonds. The molecule has 5 nitrogen and oxygen atoms in total. The van der Waals surface area contributed by atoms with Crippen molar-refractivity contribution in [3.63, 3.8) is 0 Å². The van der Waals surface area contributed by atoms with Crippen molar-refractivity contribution in [3.05, 3.63) is 0 Å². The lowest BCUT2D eigenvalue weighted by molar-refractivity contribution is -0.126. The molecule has 14 heavy (non-hydrogen) atoms. The van der Waals surface area contributed by atoms with Crippen molar-refractivity contribution >= 4 is 11.8 Å². The van der Waals surface area contributed by atoms with Gasteiger partial charge in [-0.3, -0.25) is 14.9 Å². The second kappa shape index (κ2) is 3.67. The summed E-state index contributed by atoms with van der Waals surface area (Å²) in [6.07, 6.45) is 0.780. The quantitative estimate of drug-likeness (QED) is 0.530. The summed E-state index contributed by atoms with van der Waals surface area (Å²) in [4.78, 5) is 24.8. The maximum atomic E-state index is 11.4. The van der Waals surface area contributed by atoms with Gasteiger partial charge in [0.25, 0.3) is 0 Å². The first-order valence-corrected chi connectivity index (χ1v) is 4.99. The van der Waals surface area contributed by atoms with Crippen LogP contribution in [0.25, 0.3) is 0 Å². The second-order valence-electron chi connectivity index (χ2n) is 3.94. The van der Waals surface area contributed by atoms with Gasteiger partial charge in [0.1, 0.15) is 0 Å². The number of hydrogen-bond donors (Lipinski definition) is 2. The molecule has 0 aliphatic carbocycles. The van der Waals surface area contributed by atoms with Gasteiger partial charge in [0.15, 0.2) is 0 Å².